The van der Waals surface area contributed by atoms with Gasteiger partial charge in [-0.1, -0.05) is 35.5 Å². The van der Waals surface area contributed by atoms with Crippen LogP contribution in [0.3, 0.4) is 0 Å². The fourth-order valence-corrected chi connectivity index (χ4v) is 2.34. The fraction of sp³-hybridized carbons (Fsp3) is 0.167. The Morgan fingerprint density at radius 2 is 1.87 bits per heavy atom. The molecule has 0 saturated heterocycles. The molecule has 0 N–H and O–H groups in total. The van der Waals surface area contributed by atoms with Crippen LogP contribution < -0.4 is 4.74 Å². The van der Waals surface area contributed by atoms with Gasteiger partial charge in [-0.3, -0.25) is 0 Å². The predicted octanol–water partition coefficient (Wildman–Crippen LogP) is 3.33. The van der Waals surface area contributed by atoms with Crippen LogP contribution in [0.25, 0.3) is 5.69 Å². The molecular weight excluding hydrogens is 288 g/mol. The summed E-state index contributed by atoms with van der Waals surface area (Å²) in [5.74, 6) is 0.741. The van der Waals surface area contributed by atoms with E-state index in [1.807, 2.05) is 62.4 Å². The summed E-state index contributed by atoms with van der Waals surface area (Å²) in [4.78, 5) is 0. The molecule has 2 aromatic carbocycles. The Kier molecular flexibility index (Phi) is 4.07. The molecule has 0 aliphatic heterocycles. The molecule has 1 aromatic heterocycles. The van der Waals surface area contributed by atoms with E-state index < -0.39 is 0 Å². The van der Waals surface area contributed by atoms with Gasteiger partial charge in [0.2, 0.25) is 0 Å². The third-order valence-electron chi connectivity index (χ3n) is 3.79. The number of aryl methyl sites for hydroxylation is 1. The SMILES string of the molecule is Cc1cccc(-n2nnc(C#N)c2COc2ccccc2)c1C. The first-order chi connectivity index (χ1) is 11.2. The predicted molar refractivity (Wildman–Crippen MR) is 86.3 cm³/mol. The van der Waals surface area contributed by atoms with Crippen molar-refractivity contribution in [2.24, 2.45) is 0 Å². The van der Waals surface area contributed by atoms with E-state index in [0.717, 1.165) is 22.6 Å². The lowest BCUT2D eigenvalue weighted by atomic mass is 10.1. The molecule has 0 atom stereocenters. The smallest absolute Gasteiger partial charge is 0.189 e. The number of aromatic nitrogens is 3. The maximum Gasteiger partial charge on any atom is 0.189 e. The Balaban J connectivity index is 1.98. The van der Waals surface area contributed by atoms with E-state index in [-0.39, 0.29) is 12.3 Å². The number of ether oxygens (including phenoxy) is 1. The number of hydrogen-bond acceptors (Lipinski definition) is 4. The maximum absolute atomic E-state index is 9.28. The summed E-state index contributed by atoms with van der Waals surface area (Å²) in [6, 6.07) is 17.5. The van der Waals surface area contributed by atoms with E-state index in [1.165, 1.54) is 0 Å². The molecule has 1 heterocycles. The van der Waals surface area contributed by atoms with Crippen molar-refractivity contribution in [2.45, 2.75) is 20.5 Å². The fourth-order valence-electron chi connectivity index (χ4n) is 2.34. The summed E-state index contributed by atoms with van der Waals surface area (Å²) in [5.41, 5.74) is 4.09. The molecule has 0 radical (unpaired) electrons. The highest BCUT2D eigenvalue weighted by Gasteiger charge is 2.16. The van der Waals surface area contributed by atoms with Crippen LogP contribution >= 0.6 is 0 Å². The van der Waals surface area contributed by atoms with Gasteiger partial charge in [0.1, 0.15) is 24.1 Å². The molecule has 0 spiro atoms. The zero-order valence-corrected chi connectivity index (χ0v) is 13.0. The molecule has 3 rings (SSSR count). The summed E-state index contributed by atoms with van der Waals surface area (Å²) in [6.45, 7) is 4.30. The third kappa shape index (κ3) is 2.92. The Hall–Kier alpha value is -3.13. The number of rotatable bonds is 4. The Morgan fingerprint density at radius 1 is 1.09 bits per heavy atom. The first kappa shape index (κ1) is 14.8. The number of para-hydroxylation sites is 1. The highest BCUT2D eigenvalue weighted by Crippen LogP contribution is 2.21. The van der Waals surface area contributed by atoms with Crippen molar-refractivity contribution < 1.29 is 4.74 Å². The summed E-state index contributed by atoms with van der Waals surface area (Å²) in [6.07, 6.45) is 0. The van der Waals surface area contributed by atoms with Crippen LogP contribution in [0.4, 0.5) is 0 Å². The number of benzene rings is 2. The Labute approximate surface area is 134 Å². The van der Waals surface area contributed by atoms with Gasteiger partial charge in [0.15, 0.2) is 5.69 Å². The van der Waals surface area contributed by atoms with Crippen molar-refractivity contribution in [1.29, 1.82) is 5.26 Å². The molecule has 0 aliphatic rings. The van der Waals surface area contributed by atoms with E-state index in [2.05, 4.69) is 16.4 Å². The van der Waals surface area contributed by atoms with Gasteiger partial charge < -0.3 is 4.74 Å². The van der Waals surface area contributed by atoms with Crippen LogP contribution in [0.5, 0.6) is 5.75 Å². The summed E-state index contributed by atoms with van der Waals surface area (Å²) in [7, 11) is 0. The first-order valence-electron chi connectivity index (χ1n) is 7.30. The normalized spacial score (nSPS) is 10.3. The van der Waals surface area contributed by atoms with Gasteiger partial charge >= 0.3 is 0 Å². The molecule has 0 bridgehead atoms. The second-order valence-electron chi connectivity index (χ2n) is 5.23. The van der Waals surface area contributed by atoms with E-state index in [9.17, 15) is 5.26 Å². The van der Waals surface area contributed by atoms with Gasteiger partial charge in [-0.2, -0.15) is 5.26 Å². The Bertz CT molecular complexity index is 862. The van der Waals surface area contributed by atoms with Crippen LogP contribution in [0.2, 0.25) is 0 Å². The first-order valence-corrected chi connectivity index (χ1v) is 7.30. The lowest BCUT2D eigenvalue weighted by Gasteiger charge is -2.12. The van der Waals surface area contributed by atoms with Gasteiger partial charge in [-0.05, 0) is 43.2 Å². The highest BCUT2D eigenvalue weighted by atomic mass is 16.5. The quantitative estimate of drug-likeness (QED) is 0.741. The van der Waals surface area contributed by atoms with E-state index >= 15 is 0 Å². The lowest BCUT2D eigenvalue weighted by molar-refractivity contribution is 0.297. The molecule has 5 nitrogen and oxygen atoms in total. The largest absolute Gasteiger partial charge is 0.487 e. The van der Waals surface area contributed by atoms with Crippen LogP contribution in [0.1, 0.15) is 22.5 Å². The van der Waals surface area contributed by atoms with Crippen LogP contribution in [0, 0.1) is 25.2 Å². The second kappa shape index (κ2) is 6.32. The maximum atomic E-state index is 9.28. The van der Waals surface area contributed by atoms with Crippen molar-refractivity contribution in [3.8, 4) is 17.5 Å². The van der Waals surface area contributed by atoms with Gasteiger partial charge in [0.05, 0.1) is 5.69 Å². The molecular formula is C18H16N4O. The number of nitrogens with zero attached hydrogens (tertiary/aromatic N) is 4. The van der Waals surface area contributed by atoms with E-state index in [0.29, 0.717) is 5.69 Å². The monoisotopic (exact) mass is 304 g/mol. The Morgan fingerprint density at radius 3 is 2.61 bits per heavy atom. The molecule has 5 heteroatoms. The van der Waals surface area contributed by atoms with Crippen molar-refractivity contribution in [3.05, 3.63) is 71.0 Å². The minimum atomic E-state index is 0.229. The van der Waals surface area contributed by atoms with E-state index in [4.69, 9.17) is 4.74 Å². The zero-order valence-electron chi connectivity index (χ0n) is 13.0. The highest BCUT2D eigenvalue weighted by molar-refractivity contribution is 5.46. The average Bonchev–Trinajstić information content (AvgIpc) is 2.99. The van der Waals surface area contributed by atoms with Crippen LogP contribution in [0.15, 0.2) is 48.5 Å². The summed E-state index contributed by atoms with van der Waals surface area (Å²) < 4.78 is 7.46. The van der Waals surface area contributed by atoms with Crippen molar-refractivity contribution in [1.82, 2.24) is 15.0 Å². The number of hydrogen-bond donors (Lipinski definition) is 0. The topological polar surface area (TPSA) is 63.7 Å². The van der Waals surface area contributed by atoms with Crippen LogP contribution in [-0.4, -0.2) is 15.0 Å². The minimum absolute atomic E-state index is 0.229. The van der Waals surface area contributed by atoms with Gasteiger partial charge in [-0.15, -0.1) is 5.10 Å². The van der Waals surface area contributed by atoms with Crippen LogP contribution in [-0.2, 0) is 6.61 Å². The summed E-state index contributed by atoms with van der Waals surface area (Å²) in [5, 5.41) is 17.4. The average molecular weight is 304 g/mol. The van der Waals surface area contributed by atoms with Crippen molar-refractivity contribution in [2.75, 3.05) is 0 Å². The van der Waals surface area contributed by atoms with Gasteiger partial charge in [-0.25, -0.2) is 4.68 Å². The molecule has 3 aromatic rings. The number of nitriles is 1. The zero-order chi connectivity index (χ0) is 16.2. The molecule has 0 saturated carbocycles. The van der Waals surface area contributed by atoms with Crippen molar-refractivity contribution in [3.63, 3.8) is 0 Å². The molecule has 0 fully saturated rings. The second-order valence-corrected chi connectivity index (χ2v) is 5.23. The minimum Gasteiger partial charge on any atom is -0.487 e. The molecule has 0 unspecified atom stereocenters. The molecule has 114 valence electrons. The van der Waals surface area contributed by atoms with Gasteiger partial charge in [0, 0.05) is 0 Å². The standard InChI is InChI=1S/C18H16N4O/c1-13-7-6-10-17(14(13)2)22-18(16(11-19)20-21-22)12-23-15-8-4-3-5-9-15/h3-10H,12H2,1-2H3. The lowest BCUT2D eigenvalue weighted by Crippen LogP contribution is -2.08. The molecule has 23 heavy (non-hydrogen) atoms. The van der Waals surface area contributed by atoms with Gasteiger partial charge in [0.25, 0.3) is 0 Å². The third-order valence-corrected chi connectivity index (χ3v) is 3.79. The van der Waals surface area contributed by atoms with Crippen molar-refractivity contribution >= 4 is 0 Å². The molecule has 0 amide bonds. The summed E-state index contributed by atoms with van der Waals surface area (Å²) >= 11 is 0. The molecule has 0 aliphatic carbocycles. The van der Waals surface area contributed by atoms with E-state index in [1.54, 1.807) is 4.68 Å².